The van der Waals surface area contributed by atoms with Gasteiger partial charge in [0, 0.05) is 5.92 Å². The van der Waals surface area contributed by atoms with Crippen molar-refractivity contribution in [2.75, 3.05) is 0 Å². The van der Waals surface area contributed by atoms with Crippen molar-refractivity contribution in [2.45, 2.75) is 52.4 Å². The maximum atomic E-state index is 8.88. The van der Waals surface area contributed by atoms with Crippen molar-refractivity contribution in [2.24, 2.45) is 17.8 Å². The second-order valence-corrected chi connectivity index (χ2v) is 4.69. The third-order valence-electron chi connectivity index (χ3n) is 3.39. The van der Waals surface area contributed by atoms with Crippen LogP contribution in [0.1, 0.15) is 52.4 Å². The van der Waals surface area contributed by atoms with Gasteiger partial charge in [-0.1, -0.05) is 33.1 Å². The Balaban J connectivity index is 2.41. The molecule has 0 aromatic heterocycles. The van der Waals surface area contributed by atoms with Crippen molar-refractivity contribution in [3.63, 3.8) is 0 Å². The van der Waals surface area contributed by atoms with Gasteiger partial charge in [-0.3, -0.25) is 0 Å². The van der Waals surface area contributed by atoms with Gasteiger partial charge in [-0.25, -0.2) is 0 Å². The quantitative estimate of drug-likeness (QED) is 0.601. The SMILES string of the molecule is CC(C)C1CCCCC(C#N)CC1. The van der Waals surface area contributed by atoms with E-state index in [-0.39, 0.29) is 0 Å². The molecule has 1 saturated carbocycles. The van der Waals surface area contributed by atoms with Crippen LogP contribution < -0.4 is 0 Å². The van der Waals surface area contributed by atoms with Crippen LogP contribution in [0.15, 0.2) is 0 Å². The van der Waals surface area contributed by atoms with Crippen LogP contribution >= 0.6 is 0 Å². The molecule has 0 aromatic rings. The number of nitriles is 1. The lowest BCUT2D eigenvalue weighted by Gasteiger charge is -2.24. The van der Waals surface area contributed by atoms with Gasteiger partial charge >= 0.3 is 0 Å². The van der Waals surface area contributed by atoms with Gasteiger partial charge in [0.1, 0.15) is 0 Å². The van der Waals surface area contributed by atoms with E-state index in [1.165, 1.54) is 25.7 Å². The summed E-state index contributed by atoms with van der Waals surface area (Å²) < 4.78 is 0. The molecular formula is C12H21N. The first kappa shape index (κ1) is 10.6. The summed E-state index contributed by atoms with van der Waals surface area (Å²) in [6.07, 6.45) is 7.54. The predicted octanol–water partition coefficient (Wildman–Crippen LogP) is 3.75. The molecule has 0 amide bonds. The van der Waals surface area contributed by atoms with Crippen molar-refractivity contribution >= 4 is 0 Å². The highest BCUT2D eigenvalue weighted by atomic mass is 14.3. The molecule has 0 aromatic carbocycles. The molecule has 0 radical (unpaired) electrons. The number of hydrogen-bond donors (Lipinski definition) is 0. The standard InChI is InChI=1S/C12H21N/c1-10(2)12-6-4-3-5-11(9-13)7-8-12/h10-12H,3-8H2,1-2H3. The fourth-order valence-electron chi connectivity index (χ4n) is 2.30. The van der Waals surface area contributed by atoms with Crippen molar-refractivity contribution < 1.29 is 0 Å². The Bertz CT molecular complexity index is 178. The average molecular weight is 179 g/mol. The fraction of sp³-hybridized carbons (Fsp3) is 0.917. The molecule has 0 saturated heterocycles. The summed E-state index contributed by atoms with van der Waals surface area (Å²) in [4.78, 5) is 0. The molecule has 2 unspecified atom stereocenters. The third kappa shape index (κ3) is 3.38. The van der Waals surface area contributed by atoms with Crippen LogP contribution in [0.25, 0.3) is 0 Å². The molecule has 0 heterocycles. The minimum atomic E-state index is 0.349. The van der Waals surface area contributed by atoms with Gasteiger partial charge in [0.15, 0.2) is 0 Å². The third-order valence-corrected chi connectivity index (χ3v) is 3.39. The van der Waals surface area contributed by atoms with Crippen molar-refractivity contribution in [3.8, 4) is 6.07 Å². The molecule has 1 fully saturated rings. The summed E-state index contributed by atoms with van der Waals surface area (Å²) >= 11 is 0. The van der Waals surface area contributed by atoms with Gasteiger partial charge in [-0.2, -0.15) is 5.26 Å². The van der Waals surface area contributed by atoms with E-state index in [2.05, 4.69) is 19.9 Å². The predicted molar refractivity (Wildman–Crippen MR) is 55.1 cm³/mol. The van der Waals surface area contributed by atoms with Crippen LogP contribution in [-0.2, 0) is 0 Å². The lowest BCUT2D eigenvalue weighted by atomic mass is 9.81. The van der Waals surface area contributed by atoms with Gasteiger partial charge in [-0.15, -0.1) is 0 Å². The highest BCUT2D eigenvalue weighted by Gasteiger charge is 2.18. The highest BCUT2D eigenvalue weighted by molar-refractivity contribution is 4.84. The Morgan fingerprint density at radius 3 is 2.38 bits per heavy atom. The van der Waals surface area contributed by atoms with E-state index in [4.69, 9.17) is 5.26 Å². The average Bonchev–Trinajstić information content (AvgIpc) is 2.03. The largest absolute Gasteiger partial charge is 0.198 e. The van der Waals surface area contributed by atoms with Gasteiger partial charge in [0.05, 0.1) is 6.07 Å². The molecule has 1 heteroatoms. The number of nitrogens with zero attached hydrogens (tertiary/aromatic N) is 1. The van der Waals surface area contributed by atoms with Crippen LogP contribution in [0.3, 0.4) is 0 Å². The van der Waals surface area contributed by atoms with Crippen molar-refractivity contribution in [1.82, 2.24) is 0 Å². The molecule has 1 aliphatic carbocycles. The maximum Gasteiger partial charge on any atom is 0.0655 e. The van der Waals surface area contributed by atoms with Crippen molar-refractivity contribution in [3.05, 3.63) is 0 Å². The van der Waals surface area contributed by atoms with E-state index in [0.29, 0.717) is 5.92 Å². The van der Waals surface area contributed by atoms with E-state index in [1.807, 2.05) is 0 Å². The molecule has 1 rings (SSSR count). The molecule has 74 valence electrons. The first-order valence-electron chi connectivity index (χ1n) is 5.63. The summed E-state index contributed by atoms with van der Waals surface area (Å²) in [6.45, 7) is 4.63. The van der Waals surface area contributed by atoms with Crippen LogP contribution in [0, 0.1) is 29.1 Å². The van der Waals surface area contributed by atoms with Crippen LogP contribution in [0.5, 0.6) is 0 Å². The minimum absolute atomic E-state index is 0.349. The topological polar surface area (TPSA) is 23.8 Å². The summed E-state index contributed by atoms with van der Waals surface area (Å²) in [5.41, 5.74) is 0. The molecule has 0 aliphatic heterocycles. The van der Waals surface area contributed by atoms with E-state index in [1.54, 1.807) is 0 Å². The fourth-order valence-corrected chi connectivity index (χ4v) is 2.30. The first-order chi connectivity index (χ1) is 6.24. The van der Waals surface area contributed by atoms with Gasteiger partial charge in [0.2, 0.25) is 0 Å². The zero-order valence-corrected chi connectivity index (χ0v) is 8.92. The highest BCUT2D eigenvalue weighted by Crippen LogP contribution is 2.30. The lowest BCUT2D eigenvalue weighted by molar-refractivity contribution is 0.280. The number of rotatable bonds is 1. The summed E-state index contributed by atoms with van der Waals surface area (Å²) in [7, 11) is 0. The zero-order valence-electron chi connectivity index (χ0n) is 8.92. The summed E-state index contributed by atoms with van der Waals surface area (Å²) in [5.74, 6) is 2.02. The molecule has 0 bridgehead atoms. The maximum absolute atomic E-state index is 8.88. The van der Waals surface area contributed by atoms with Gasteiger partial charge < -0.3 is 0 Å². The molecule has 13 heavy (non-hydrogen) atoms. The first-order valence-corrected chi connectivity index (χ1v) is 5.63. The van der Waals surface area contributed by atoms with Crippen LogP contribution in [-0.4, -0.2) is 0 Å². The van der Waals surface area contributed by atoms with E-state index >= 15 is 0 Å². The minimum Gasteiger partial charge on any atom is -0.198 e. The lowest BCUT2D eigenvalue weighted by Crippen LogP contribution is -2.13. The Morgan fingerprint density at radius 2 is 1.77 bits per heavy atom. The van der Waals surface area contributed by atoms with Crippen LogP contribution in [0.2, 0.25) is 0 Å². The molecule has 0 spiro atoms. The van der Waals surface area contributed by atoms with Crippen LogP contribution in [0.4, 0.5) is 0 Å². The van der Waals surface area contributed by atoms with Gasteiger partial charge in [-0.05, 0) is 31.1 Å². The molecule has 1 aliphatic rings. The Kier molecular flexibility index (Phi) is 4.28. The number of hydrogen-bond acceptors (Lipinski definition) is 1. The summed E-state index contributed by atoms with van der Waals surface area (Å²) in [6, 6.07) is 2.43. The van der Waals surface area contributed by atoms with E-state index in [0.717, 1.165) is 24.7 Å². The Hall–Kier alpha value is -0.510. The molecule has 2 atom stereocenters. The Labute approximate surface area is 82.1 Å². The Morgan fingerprint density at radius 1 is 1.08 bits per heavy atom. The van der Waals surface area contributed by atoms with E-state index in [9.17, 15) is 0 Å². The second-order valence-electron chi connectivity index (χ2n) is 4.69. The molecular weight excluding hydrogens is 158 g/mol. The summed E-state index contributed by atoms with van der Waals surface area (Å²) in [5, 5.41) is 8.88. The monoisotopic (exact) mass is 179 g/mol. The molecule has 0 N–H and O–H groups in total. The molecule has 1 nitrogen and oxygen atoms in total. The van der Waals surface area contributed by atoms with Crippen molar-refractivity contribution in [1.29, 1.82) is 5.26 Å². The normalized spacial score (nSPS) is 30.6. The smallest absolute Gasteiger partial charge is 0.0655 e. The van der Waals surface area contributed by atoms with E-state index < -0.39 is 0 Å². The zero-order chi connectivity index (χ0) is 9.68. The van der Waals surface area contributed by atoms with Gasteiger partial charge in [0.25, 0.3) is 0 Å². The second kappa shape index (κ2) is 5.27.